The topological polar surface area (TPSA) is 73.4 Å². The summed E-state index contributed by atoms with van der Waals surface area (Å²) in [5.74, 6) is 1.34. The number of anilines is 1. The fourth-order valence-corrected chi connectivity index (χ4v) is 4.36. The number of rotatable bonds is 5. The first-order chi connectivity index (χ1) is 12.7. The van der Waals surface area contributed by atoms with Gasteiger partial charge in [-0.25, -0.2) is 0 Å². The van der Waals surface area contributed by atoms with E-state index in [4.69, 9.17) is 10.3 Å². The molecular formula is C20H27N4O2. The van der Waals surface area contributed by atoms with Crippen molar-refractivity contribution in [1.82, 2.24) is 15.8 Å². The van der Waals surface area contributed by atoms with E-state index in [-0.39, 0.29) is 11.8 Å². The highest BCUT2D eigenvalue weighted by Crippen LogP contribution is 2.31. The molecule has 1 radical (unpaired) electrons. The minimum absolute atomic E-state index is 0.00655. The summed E-state index contributed by atoms with van der Waals surface area (Å²) in [4.78, 5) is 16.0. The number of amides is 1. The van der Waals surface area contributed by atoms with Gasteiger partial charge in [-0.1, -0.05) is 17.3 Å². The number of aromatic nitrogens is 1. The van der Waals surface area contributed by atoms with Gasteiger partial charge in [-0.3, -0.25) is 15.4 Å². The van der Waals surface area contributed by atoms with Crippen molar-refractivity contribution >= 4 is 22.7 Å². The van der Waals surface area contributed by atoms with Gasteiger partial charge in [-0.15, -0.1) is 0 Å². The lowest BCUT2D eigenvalue weighted by Crippen LogP contribution is -2.47. The van der Waals surface area contributed by atoms with E-state index in [9.17, 15) is 4.79 Å². The van der Waals surface area contributed by atoms with Crippen LogP contribution in [-0.4, -0.2) is 48.7 Å². The molecule has 1 aliphatic heterocycles. The molecule has 0 atom stereocenters. The van der Waals surface area contributed by atoms with E-state index in [1.165, 1.54) is 6.42 Å². The molecule has 1 amide bonds. The highest BCUT2D eigenvalue weighted by molar-refractivity contribution is 5.88. The average Bonchev–Trinajstić information content (AvgIpc) is 3.11. The third-order valence-electron chi connectivity index (χ3n) is 6.10. The minimum atomic E-state index is -0.361. The van der Waals surface area contributed by atoms with Crippen molar-refractivity contribution in [2.75, 3.05) is 37.6 Å². The Balaban J connectivity index is 1.24. The van der Waals surface area contributed by atoms with Crippen molar-refractivity contribution in [1.29, 1.82) is 0 Å². The van der Waals surface area contributed by atoms with Gasteiger partial charge >= 0.3 is 0 Å². The Morgan fingerprint density at radius 3 is 2.58 bits per heavy atom. The van der Waals surface area contributed by atoms with Crippen LogP contribution in [0.15, 0.2) is 28.8 Å². The second-order valence-corrected chi connectivity index (χ2v) is 7.70. The minimum Gasteiger partial charge on any atom is -0.354 e. The first kappa shape index (κ1) is 17.3. The molecule has 1 aromatic carbocycles. The van der Waals surface area contributed by atoms with Gasteiger partial charge in [0, 0.05) is 32.1 Å². The van der Waals surface area contributed by atoms with E-state index in [2.05, 4.69) is 21.0 Å². The fourth-order valence-electron chi connectivity index (χ4n) is 4.36. The molecular weight excluding hydrogens is 328 g/mol. The molecule has 1 saturated carbocycles. The predicted octanol–water partition coefficient (Wildman–Crippen LogP) is 2.96. The molecule has 139 valence electrons. The first-order valence-electron chi connectivity index (χ1n) is 9.78. The van der Waals surface area contributed by atoms with Gasteiger partial charge in [0.25, 0.3) is 0 Å². The molecule has 0 bridgehead atoms. The zero-order chi connectivity index (χ0) is 17.9. The van der Waals surface area contributed by atoms with E-state index in [0.717, 1.165) is 81.1 Å². The summed E-state index contributed by atoms with van der Waals surface area (Å²) in [6, 6.07) is 8.04. The fraction of sp³-hybridized carbons (Fsp3) is 0.600. The van der Waals surface area contributed by atoms with Crippen molar-refractivity contribution in [2.45, 2.75) is 32.1 Å². The number of nitrogens with zero attached hydrogens (tertiary/aromatic N) is 3. The molecule has 1 saturated heterocycles. The first-order valence-corrected chi connectivity index (χ1v) is 9.78. The predicted molar refractivity (Wildman–Crippen MR) is 101 cm³/mol. The lowest BCUT2D eigenvalue weighted by molar-refractivity contribution is -0.123. The number of benzene rings is 1. The summed E-state index contributed by atoms with van der Waals surface area (Å²) in [6.45, 7) is 5.22. The molecule has 2 aliphatic rings. The van der Waals surface area contributed by atoms with E-state index in [1.807, 2.05) is 18.2 Å². The highest BCUT2D eigenvalue weighted by Gasteiger charge is 2.26. The van der Waals surface area contributed by atoms with Crippen molar-refractivity contribution in [3.8, 4) is 0 Å². The molecule has 1 aromatic heterocycles. The standard InChI is InChI=1S/C20H27N4O2/c21-19(25)16-7-5-15(6-8-16)9-10-23-11-13-24(14-12-23)20-17-3-1-2-4-18(17)26-22-20/h1-4,15-16,21H,5-14H2. The Labute approximate surface area is 154 Å². The Bertz CT molecular complexity index is 743. The monoisotopic (exact) mass is 355 g/mol. The SMILES string of the molecule is [NH]C(=O)C1CCC(CCN2CCN(c3noc4ccccc34)CC2)CC1. The molecule has 2 heterocycles. The lowest BCUT2D eigenvalue weighted by Gasteiger charge is -2.36. The average molecular weight is 355 g/mol. The normalized spacial score (nSPS) is 24.8. The molecule has 2 fully saturated rings. The maximum Gasteiger partial charge on any atom is 0.241 e. The Hall–Kier alpha value is -2.08. The van der Waals surface area contributed by atoms with Crippen LogP contribution < -0.4 is 10.6 Å². The van der Waals surface area contributed by atoms with E-state index < -0.39 is 0 Å². The second kappa shape index (κ2) is 7.66. The van der Waals surface area contributed by atoms with E-state index >= 15 is 0 Å². The third-order valence-corrected chi connectivity index (χ3v) is 6.10. The number of nitrogens with one attached hydrogen (secondary N) is 1. The van der Waals surface area contributed by atoms with Crippen molar-refractivity contribution < 1.29 is 9.32 Å². The number of piperazine rings is 1. The number of hydrogen-bond donors (Lipinski definition) is 0. The van der Waals surface area contributed by atoms with Crippen LogP contribution in [0.2, 0.25) is 0 Å². The molecule has 6 nitrogen and oxygen atoms in total. The largest absolute Gasteiger partial charge is 0.354 e. The van der Waals surface area contributed by atoms with Crippen molar-refractivity contribution in [3.05, 3.63) is 24.3 Å². The molecule has 1 N–H and O–H groups in total. The van der Waals surface area contributed by atoms with Crippen LogP contribution in [0.3, 0.4) is 0 Å². The van der Waals surface area contributed by atoms with Gasteiger partial charge in [0.15, 0.2) is 11.4 Å². The summed E-state index contributed by atoms with van der Waals surface area (Å²) in [7, 11) is 0. The van der Waals surface area contributed by atoms with Crippen LogP contribution in [0.4, 0.5) is 5.82 Å². The van der Waals surface area contributed by atoms with Crippen LogP contribution >= 0.6 is 0 Å². The van der Waals surface area contributed by atoms with Crippen LogP contribution in [0.5, 0.6) is 0 Å². The number of para-hydroxylation sites is 1. The number of hydrogen-bond acceptors (Lipinski definition) is 5. The number of carbonyl (C=O) groups is 1. The maximum atomic E-state index is 11.2. The molecule has 0 unspecified atom stereocenters. The Morgan fingerprint density at radius 2 is 1.85 bits per heavy atom. The Morgan fingerprint density at radius 1 is 1.12 bits per heavy atom. The number of carbonyl (C=O) groups excluding carboxylic acids is 1. The summed E-state index contributed by atoms with van der Waals surface area (Å²) >= 11 is 0. The summed E-state index contributed by atoms with van der Waals surface area (Å²) < 4.78 is 5.44. The Kier molecular flexibility index (Phi) is 5.11. The molecule has 4 rings (SSSR count). The van der Waals surface area contributed by atoms with Gasteiger partial charge in [0.1, 0.15) is 0 Å². The summed E-state index contributed by atoms with van der Waals surface area (Å²) in [6.07, 6.45) is 5.27. The van der Waals surface area contributed by atoms with Crippen LogP contribution in [-0.2, 0) is 4.79 Å². The number of fused-ring (bicyclic) bond motifs is 1. The van der Waals surface area contributed by atoms with Gasteiger partial charge in [0.05, 0.1) is 5.39 Å². The van der Waals surface area contributed by atoms with E-state index in [0.29, 0.717) is 0 Å². The van der Waals surface area contributed by atoms with Crippen molar-refractivity contribution in [3.63, 3.8) is 0 Å². The van der Waals surface area contributed by atoms with E-state index in [1.54, 1.807) is 0 Å². The third kappa shape index (κ3) is 3.70. The van der Waals surface area contributed by atoms with Gasteiger partial charge in [-0.05, 0) is 56.7 Å². The summed E-state index contributed by atoms with van der Waals surface area (Å²) in [5, 5.41) is 5.37. The van der Waals surface area contributed by atoms with Gasteiger partial charge < -0.3 is 9.42 Å². The quantitative estimate of drug-likeness (QED) is 0.824. The van der Waals surface area contributed by atoms with Crippen LogP contribution in [0, 0.1) is 11.8 Å². The van der Waals surface area contributed by atoms with Crippen LogP contribution in [0.1, 0.15) is 32.1 Å². The maximum absolute atomic E-state index is 11.2. The molecule has 0 spiro atoms. The van der Waals surface area contributed by atoms with Crippen LogP contribution in [0.25, 0.3) is 11.0 Å². The van der Waals surface area contributed by atoms with Gasteiger partial charge in [-0.2, -0.15) is 0 Å². The van der Waals surface area contributed by atoms with Gasteiger partial charge in [0.2, 0.25) is 5.91 Å². The molecule has 1 aliphatic carbocycles. The smallest absolute Gasteiger partial charge is 0.241 e. The summed E-state index contributed by atoms with van der Waals surface area (Å²) in [5.41, 5.74) is 8.12. The molecule has 2 aromatic rings. The second-order valence-electron chi connectivity index (χ2n) is 7.70. The van der Waals surface area contributed by atoms with Crippen molar-refractivity contribution in [2.24, 2.45) is 11.8 Å². The zero-order valence-corrected chi connectivity index (χ0v) is 15.2. The molecule has 26 heavy (non-hydrogen) atoms. The molecule has 6 heteroatoms. The lowest BCUT2D eigenvalue weighted by atomic mass is 9.80. The zero-order valence-electron chi connectivity index (χ0n) is 15.2. The highest BCUT2D eigenvalue weighted by atomic mass is 16.5.